The van der Waals surface area contributed by atoms with Gasteiger partial charge in [-0.15, -0.1) is 0 Å². The van der Waals surface area contributed by atoms with Crippen molar-refractivity contribution in [1.82, 2.24) is 4.57 Å². The van der Waals surface area contributed by atoms with Crippen LogP contribution in [0.1, 0.15) is 50.8 Å². The van der Waals surface area contributed by atoms with Crippen LogP contribution in [-0.4, -0.2) is 49.3 Å². The number of benzene rings is 2. The topological polar surface area (TPSA) is 117 Å². The third-order valence-corrected chi connectivity index (χ3v) is 8.39. The van der Waals surface area contributed by atoms with E-state index in [1.165, 1.54) is 16.6 Å². The van der Waals surface area contributed by atoms with Crippen LogP contribution in [0.4, 0.5) is 5.69 Å². The molecule has 10 nitrogen and oxygen atoms in total. The van der Waals surface area contributed by atoms with E-state index >= 15 is 0 Å². The molecule has 3 heterocycles. The largest absolute Gasteiger partial charge is 0.496 e. The predicted octanol–water partition coefficient (Wildman–Crippen LogP) is 3.52. The van der Waals surface area contributed by atoms with Crippen LogP contribution in [0.5, 0.6) is 5.75 Å². The summed E-state index contributed by atoms with van der Waals surface area (Å²) in [6.07, 6.45) is 1.12. The first kappa shape index (κ1) is 30.2. The van der Waals surface area contributed by atoms with Crippen LogP contribution in [0, 0.1) is 0 Å². The molecule has 0 N–H and O–H groups in total. The number of aromatic nitrogens is 1. The van der Waals surface area contributed by atoms with Crippen LogP contribution < -0.4 is 24.5 Å². The Balaban J connectivity index is 1.83. The van der Waals surface area contributed by atoms with Crippen molar-refractivity contribution in [2.75, 3.05) is 31.8 Å². The summed E-state index contributed by atoms with van der Waals surface area (Å²) < 4.78 is 17.7. The lowest BCUT2D eigenvalue weighted by Gasteiger charge is -2.27. The maximum absolute atomic E-state index is 14.4. The monoisotopic (exact) mass is 623 g/mol. The minimum Gasteiger partial charge on any atom is -0.496 e. The van der Waals surface area contributed by atoms with E-state index < -0.39 is 29.4 Å². The quantitative estimate of drug-likeness (QED) is 0.335. The first-order valence-electron chi connectivity index (χ1n) is 13.9. The highest BCUT2D eigenvalue weighted by Crippen LogP contribution is 2.39. The molecule has 1 amide bonds. The van der Waals surface area contributed by atoms with Gasteiger partial charge in [-0.05, 0) is 44.5 Å². The third-order valence-electron chi connectivity index (χ3n) is 7.10. The number of para-hydroxylation sites is 1. The number of carbonyl (C=O) groups is 3. The molecule has 43 heavy (non-hydrogen) atoms. The van der Waals surface area contributed by atoms with Crippen molar-refractivity contribution < 1.29 is 28.6 Å². The van der Waals surface area contributed by atoms with Crippen LogP contribution in [0.3, 0.4) is 0 Å². The molecular formula is C31H30ClN3O7S. The highest BCUT2D eigenvalue weighted by Gasteiger charge is 2.39. The second kappa shape index (κ2) is 12.6. The number of carbonyl (C=O) groups excluding carboxylic acids is 3. The molecular weight excluding hydrogens is 594 g/mol. The number of fused-ring (bicyclic) bond motifs is 2. The minimum atomic E-state index is -0.984. The van der Waals surface area contributed by atoms with Crippen LogP contribution >= 0.6 is 22.9 Å². The molecule has 0 aliphatic carbocycles. The Labute approximate surface area is 256 Å². The normalized spacial score (nSPS) is 16.9. The molecule has 0 bridgehead atoms. The molecule has 12 heteroatoms. The highest BCUT2D eigenvalue weighted by atomic mass is 35.5. The maximum atomic E-state index is 14.4. The molecule has 2 aliphatic rings. The summed E-state index contributed by atoms with van der Waals surface area (Å²) >= 11 is 7.48. The SMILES string of the molecule is CCCC1=C(C(=O)OCC)[C@H](c2cc(Cl)ccc2OC)n2c(s/c(=C3\C(=O)N(CC(=O)OCC)c4ccccc43)c2=O)=N1. The summed E-state index contributed by atoms with van der Waals surface area (Å²) in [5, 5.41) is 0.382. The Morgan fingerprint density at radius 3 is 2.49 bits per heavy atom. The van der Waals surface area contributed by atoms with Crippen LogP contribution in [0.25, 0.3) is 5.57 Å². The van der Waals surface area contributed by atoms with Gasteiger partial charge < -0.3 is 14.2 Å². The van der Waals surface area contributed by atoms with Crippen LogP contribution in [0.2, 0.25) is 5.02 Å². The molecule has 0 spiro atoms. The number of thiazole rings is 1. The number of allylic oxidation sites excluding steroid dienone is 1. The van der Waals surface area contributed by atoms with E-state index in [4.69, 9.17) is 30.8 Å². The average molecular weight is 624 g/mol. The van der Waals surface area contributed by atoms with Gasteiger partial charge in [0.25, 0.3) is 11.5 Å². The Bertz CT molecular complexity index is 1840. The molecule has 2 aliphatic heterocycles. The molecule has 1 aromatic heterocycles. The summed E-state index contributed by atoms with van der Waals surface area (Å²) in [4.78, 5) is 60.6. The first-order chi connectivity index (χ1) is 20.7. The van der Waals surface area contributed by atoms with Gasteiger partial charge in [-0.2, -0.15) is 0 Å². The van der Waals surface area contributed by atoms with Crippen molar-refractivity contribution in [3.63, 3.8) is 0 Å². The molecule has 1 atom stereocenters. The van der Waals surface area contributed by atoms with E-state index in [1.807, 2.05) is 6.92 Å². The fraction of sp³-hybridized carbons (Fsp3) is 0.323. The number of hydrogen-bond donors (Lipinski definition) is 0. The summed E-state index contributed by atoms with van der Waals surface area (Å²) in [5.41, 5.74) is 1.79. The highest BCUT2D eigenvalue weighted by molar-refractivity contribution is 7.07. The van der Waals surface area contributed by atoms with Gasteiger partial charge in [-0.25, -0.2) is 9.79 Å². The van der Waals surface area contributed by atoms with Gasteiger partial charge in [0.1, 0.15) is 22.9 Å². The van der Waals surface area contributed by atoms with Crippen molar-refractivity contribution in [3.05, 3.63) is 89.6 Å². The Morgan fingerprint density at radius 1 is 1.05 bits per heavy atom. The number of anilines is 1. The van der Waals surface area contributed by atoms with Crippen molar-refractivity contribution in [2.24, 2.45) is 4.99 Å². The number of hydrogen-bond acceptors (Lipinski definition) is 9. The second-order valence-electron chi connectivity index (χ2n) is 9.71. The summed E-state index contributed by atoms with van der Waals surface area (Å²) in [7, 11) is 1.49. The van der Waals surface area contributed by atoms with Crippen molar-refractivity contribution >= 4 is 52.0 Å². The average Bonchev–Trinajstić information content (AvgIpc) is 3.45. The van der Waals surface area contributed by atoms with Gasteiger partial charge in [0, 0.05) is 16.1 Å². The zero-order chi connectivity index (χ0) is 30.8. The second-order valence-corrected chi connectivity index (χ2v) is 11.1. The summed E-state index contributed by atoms with van der Waals surface area (Å²) in [6.45, 7) is 5.34. The Hall–Kier alpha value is -4.22. The van der Waals surface area contributed by atoms with Gasteiger partial charge >= 0.3 is 11.9 Å². The fourth-order valence-corrected chi connectivity index (χ4v) is 6.67. The molecule has 0 radical (unpaired) electrons. The molecule has 0 saturated carbocycles. The van der Waals surface area contributed by atoms with Gasteiger partial charge in [-0.1, -0.05) is 54.5 Å². The van der Waals surface area contributed by atoms with E-state index in [2.05, 4.69) is 0 Å². The van der Waals surface area contributed by atoms with Gasteiger partial charge in [0.05, 0.1) is 42.9 Å². The Kier molecular flexibility index (Phi) is 8.84. The zero-order valence-electron chi connectivity index (χ0n) is 24.1. The van der Waals surface area contributed by atoms with Gasteiger partial charge in [-0.3, -0.25) is 23.9 Å². The number of esters is 2. The van der Waals surface area contributed by atoms with E-state index in [9.17, 15) is 19.2 Å². The van der Waals surface area contributed by atoms with Crippen molar-refractivity contribution in [3.8, 4) is 5.75 Å². The van der Waals surface area contributed by atoms with E-state index in [0.29, 0.717) is 50.9 Å². The number of methoxy groups -OCH3 is 1. The molecule has 224 valence electrons. The van der Waals surface area contributed by atoms with Gasteiger partial charge in [0.15, 0.2) is 4.80 Å². The molecule has 5 rings (SSSR count). The molecule has 0 unspecified atom stereocenters. The fourth-order valence-electron chi connectivity index (χ4n) is 5.38. The number of ether oxygens (including phenoxy) is 3. The molecule has 0 fully saturated rings. The standard InChI is InChI=1S/C31H30ClN3O7S/c1-5-10-20-25(30(39)42-7-3)26(19-15-17(32)13-14-22(19)40-4)35-29(38)27(43-31(35)33-20)24-18-11-8-9-12-21(18)34(28(24)37)16-23(36)41-6-2/h8-9,11-15,26H,5-7,10,16H2,1-4H3/b27-24-/t26-/m0/s1. The first-order valence-corrected chi connectivity index (χ1v) is 15.1. The zero-order valence-corrected chi connectivity index (χ0v) is 25.7. The van der Waals surface area contributed by atoms with Crippen LogP contribution in [-0.2, 0) is 23.9 Å². The lowest BCUT2D eigenvalue weighted by molar-refractivity contribution is -0.142. The summed E-state index contributed by atoms with van der Waals surface area (Å²) in [6, 6.07) is 11.0. The Morgan fingerprint density at radius 2 is 1.79 bits per heavy atom. The van der Waals surface area contributed by atoms with Gasteiger partial charge in [0.2, 0.25) is 0 Å². The molecule has 3 aromatic rings. The third kappa shape index (κ3) is 5.38. The van der Waals surface area contributed by atoms with E-state index in [0.717, 1.165) is 11.3 Å². The van der Waals surface area contributed by atoms with Crippen molar-refractivity contribution in [1.29, 1.82) is 0 Å². The van der Waals surface area contributed by atoms with Crippen LogP contribution in [0.15, 0.2) is 63.5 Å². The van der Waals surface area contributed by atoms with E-state index in [1.54, 1.807) is 56.3 Å². The summed E-state index contributed by atoms with van der Waals surface area (Å²) in [5.74, 6) is -1.27. The maximum Gasteiger partial charge on any atom is 0.338 e. The number of amides is 1. The number of halogens is 1. The lowest BCUT2D eigenvalue weighted by atomic mass is 9.93. The number of rotatable bonds is 9. The molecule has 2 aromatic carbocycles. The minimum absolute atomic E-state index is 0.122. The number of nitrogens with zero attached hydrogens (tertiary/aromatic N) is 3. The van der Waals surface area contributed by atoms with E-state index in [-0.39, 0.29) is 35.4 Å². The lowest BCUT2D eigenvalue weighted by Crippen LogP contribution is -2.41. The van der Waals surface area contributed by atoms with Crippen molar-refractivity contribution in [2.45, 2.75) is 39.7 Å². The smallest absolute Gasteiger partial charge is 0.338 e. The predicted molar refractivity (Wildman–Crippen MR) is 162 cm³/mol. The molecule has 0 saturated heterocycles.